The number of halogens is 1. The Hall–Kier alpha value is -0.820. The summed E-state index contributed by atoms with van der Waals surface area (Å²) in [6.45, 7) is 5.49. The van der Waals surface area contributed by atoms with Crippen molar-refractivity contribution in [2.75, 3.05) is 6.61 Å². The van der Waals surface area contributed by atoms with E-state index in [4.69, 9.17) is 4.74 Å². The van der Waals surface area contributed by atoms with Gasteiger partial charge in [0.05, 0.1) is 10.6 Å². The van der Waals surface area contributed by atoms with Gasteiger partial charge in [-0.3, -0.25) is 9.59 Å². The molecule has 5 nitrogen and oxygen atoms in total. The zero-order chi connectivity index (χ0) is 20.3. The molecule has 28 heavy (non-hydrogen) atoms. The Labute approximate surface area is 173 Å². The lowest BCUT2D eigenvalue weighted by atomic mass is 9.46. The van der Waals surface area contributed by atoms with Crippen molar-refractivity contribution in [2.45, 2.75) is 63.8 Å². The molecule has 0 unspecified atom stereocenters. The Kier molecular flexibility index (Phi) is 3.73. The van der Waals surface area contributed by atoms with Crippen LogP contribution >= 0.6 is 15.9 Å². The third-order valence-corrected chi connectivity index (χ3v) is 10.0. The monoisotopic (exact) mass is 450 g/mol. The predicted octanol–water partition coefficient (Wildman–Crippen LogP) is 2.69. The van der Waals surface area contributed by atoms with Gasteiger partial charge in [0.1, 0.15) is 17.8 Å². The normalized spacial score (nSPS) is 54.0. The van der Waals surface area contributed by atoms with Gasteiger partial charge in [0.2, 0.25) is 0 Å². The van der Waals surface area contributed by atoms with E-state index in [1.54, 1.807) is 6.08 Å². The highest BCUT2D eigenvalue weighted by Gasteiger charge is 2.82. The van der Waals surface area contributed by atoms with Crippen LogP contribution in [0.3, 0.4) is 0 Å². The van der Waals surface area contributed by atoms with Crippen LogP contribution in [0.2, 0.25) is 0 Å². The molecule has 0 aromatic rings. The molecule has 0 radical (unpaired) electrons. The zero-order valence-electron chi connectivity index (χ0n) is 16.5. The lowest BCUT2D eigenvalue weighted by molar-refractivity contribution is -0.165. The van der Waals surface area contributed by atoms with Gasteiger partial charge < -0.3 is 14.9 Å². The summed E-state index contributed by atoms with van der Waals surface area (Å²) in [5.41, 5.74) is -1.71. The number of rotatable bonds is 2. The summed E-state index contributed by atoms with van der Waals surface area (Å²) < 4.78 is 7.13. The summed E-state index contributed by atoms with van der Waals surface area (Å²) >= 11 is 3.52. The molecular weight excluding hydrogens is 424 g/mol. The molecule has 3 saturated carbocycles. The number of aliphatic hydroxyl groups excluding tert-OH is 1. The second-order valence-electron chi connectivity index (χ2n) is 9.95. The maximum atomic E-state index is 12.7. The fourth-order valence-corrected chi connectivity index (χ4v) is 8.52. The molecular formula is C22H27BrO5. The zero-order valence-corrected chi connectivity index (χ0v) is 18.1. The van der Waals surface area contributed by atoms with Crippen molar-refractivity contribution in [1.82, 2.24) is 0 Å². The summed E-state index contributed by atoms with van der Waals surface area (Å²) in [6.07, 6.45) is 6.66. The molecule has 0 amide bonds. The predicted molar refractivity (Wildman–Crippen MR) is 106 cm³/mol. The SMILES string of the molecule is C[C@H]1C[C@H]2[C@@H]3CCC4=C(Br)C(=O)C=C[C@]4(C)[C@@]34O[C@H]4C[C@]2(C)[C@@]1(O)C(=O)CO. The molecule has 0 aromatic heterocycles. The molecule has 1 aliphatic heterocycles. The average Bonchev–Trinajstić information content (AvgIpc) is 3.34. The molecule has 4 fully saturated rings. The number of carbonyl (C=O) groups is 2. The molecule has 152 valence electrons. The van der Waals surface area contributed by atoms with Gasteiger partial charge in [-0.05, 0) is 77.9 Å². The van der Waals surface area contributed by atoms with E-state index >= 15 is 0 Å². The second kappa shape index (κ2) is 5.45. The maximum Gasteiger partial charge on any atom is 0.192 e. The third kappa shape index (κ3) is 1.81. The number of aliphatic hydroxyl groups is 2. The number of ketones is 2. The summed E-state index contributed by atoms with van der Waals surface area (Å²) in [7, 11) is 0. The van der Waals surface area contributed by atoms with Crippen molar-refractivity contribution in [1.29, 1.82) is 0 Å². The van der Waals surface area contributed by atoms with Crippen LogP contribution in [0.25, 0.3) is 0 Å². The van der Waals surface area contributed by atoms with Crippen molar-refractivity contribution in [3.63, 3.8) is 0 Å². The van der Waals surface area contributed by atoms with Crippen molar-refractivity contribution >= 4 is 27.5 Å². The first-order valence-electron chi connectivity index (χ1n) is 10.2. The molecule has 5 aliphatic rings. The summed E-state index contributed by atoms with van der Waals surface area (Å²) in [5.74, 6) is -0.294. The van der Waals surface area contributed by atoms with Gasteiger partial charge in [0, 0.05) is 10.8 Å². The molecule has 1 saturated heterocycles. The summed E-state index contributed by atoms with van der Waals surface area (Å²) in [6, 6.07) is 0. The highest BCUT2D eigenvalue weighted by molar-refractivity contribution is 9.12. The average molecular weight is 451 g/mol. The lowest BCUT2D eigenvalue weighted by Gasteiger charge is -2.55. The van der Waals surface area contributed by atoms with Crippen LogP contribution in [0.5, 0.6) is 0 Å². The van der Waals surface area contributed by atoms with Crippen LogP contribution in [-0.2, 0) is 14.3 Å². The van der Waals surface area contributed by atoms with E-state index < -0.39 is 23.4 Å². The first-order chi connectivity index (χ1) is 13.1. The molecule has 0 bridgehead atoms. The van der Waals surface area contributed by atoms with E-state index in [-0.39, 0.29) is 40.7 Å². The Balaban J connectivity index is 1.61. The molecule has 8 atom stereocenters. The molecule has 6 heteroatoms. The molecule has 2 N–H and O–H groups in total. The minimum Gasteiger partial charge on any atom is -0.388 e. The summed E-state index contributed by atoms with van der Waals surface area (Å²) in [4.78, 5) is 24.9. The molecule has 0 aromatic carbocycles. The Morgan fingerprint density at radius 2 is 2.07 bits per heavy atom. The standard InChI is InChI=1S/C22H27BrO5/c1-11-8-14-12-4-5-13-18(23)15(25)6-7-19(13,2)22(12)17(28-22)9-20(14,3)21(11,27)16(26)10-24/h6-7,11-12,14,17,24,27H,4-5,8-10H2,1-3H3/t11-,12-,14-,17-,19-,20-,21-,22+/m0/s1. The van der Waals surface area contributed by atoms with Gasteiger partial charge in [-0.15, -0.1) is 0 Å². The van der Waals surface area contributed by atoms with Gasteiger partial charge in [-0.2, -0.15) is 0 Å². The number of fused-ring (bicyclic) bond motifs is 3. The smallest absolute Gasteiger partial charge is 0.192 e. The Morgan fingerprint density at radius 3 is 2.75 bits per heavy atom. The lowest BCUT2D eigenvalue weighted by Crippen LogP contribution is -2.62. The van der Waals surface area contributed by atoms with Crippen LogP contribution in [-0.4, -0.2) is 45.7 Å². The highest BCUT2D eigenvalue weighted by Crippen LogP contribution is 2.76. The molecule has 1 spiro atoms. The molecule has 1 heterocycles. The van der Waals surface area contributed by atoms with Gasteiger partial charge in [0.15, 0.2) is 11.6 Å². The van der Waals surface area contributed by atoms with Crippen molar-refractivity contribution in [3.05, 3.63) is 22.2 Å². The van der Waals surface area contributed by atoms with Crippen LogP contribution in [0.4, 0.5) is 0 Å². The van der Waals surface area contributed by atoms with E-state index in [1.165, 1.54) is 0 Å². The first-order valence-corrected chi connectivity index (χ1v) is 11.0. The minimum atomic E-state index is -1.51. The fourth-order valence-electron chi connectivity index (χ4n) is 7.78. The van der Waals surface area contributed by atoms with Crippen molar-refractivity contribution < 1.29 is 24.5 Å². The molecule has 4 aliphatic carbocycles. The van der Waals surface area contributed by atoms with Gasteiger partial charge in [0.25, 0.3) is 0 Å². The topological polar surface area (TPSA) is 87.1 Å². The number of ether oxygens (including phenoxy) is 1. The highest BCUT2D eigenvalue weighted by atomic mass is 79.9. The number of carbonyl (C=O) groups excluding carboxylic acids is 2. The van der Waals surface area contributed by atoms with E-state index in [2.05, 4.69) is 22.9 Å². The number of hydrogen-bond acceptors (Lipinski definition) is 5. The third-order valence-electron chi connectivity index (χ3n) is 9.18. The summed E-state index contributed by atoms with van der Waals surface area (Å²) in [5, 5.41) is 21.1. The quantitative estimate of drug-likeness (QED) is 0.631. The van der Waals surface area contributed by atoms with Gasteiger partial charge >= 0.3 is 0 Å². The van der Waals surface area contributed by atoms with E-state index in [0.29, 0.717) is 10.9 Å². The van der Waals surface area contributed by atoms with E-state index in [0.717, 1.165) is 24.8 Å². The van der Waals surface area contributed by atoms with Gasteiger partial charge in [-0.1, -0.05) is 19.9 Å². The number of hydrogen-bond donors (Lipinski definition) is 2. The fraction of sp³-hybridized carbons (Fsp3) is 0.727. The number of Topliss-reactive ketones (excluding diaryl/α,β-unsaturated/α-hetero) is 1. The Bertz CT molecular complexity index is 863. The maximum absolute atomic E-state index is 12.7. The number of allylic oxidation sites excluding steroid dienone is 2. The van der Waals surface area contributed by atoms with E-state index in [9.17, 15) is 19.8 Å². The van der Waals surface area contributed by atoms with Gasteiger partial charge in [-0.25, -0.2) is 0 Å². The largest absolute Gasteiger partial charge is 0.388 e. The molecule has 5 rings (SSSR count). The first kappa shape index (κ1) is 19.2. The Morgan fingerprint density at radius 1 is 1.36 bits per heavy atom. The van der Waals surface area contributed by atoms with Crippen molar-refractivity contribution in [3.8, 4) is 0 Å². The van der Waals surface area contributed by atoms with Crippen molar-refractivity contribution in [2.24, 2.45) is 28.6 Å². The minimum absolute atomic E-state index is 0.0116. The van der Waals surface area contributed by atoms with Crippen LogP contribution in [0, 0.1) is 28.6 Å². The van der Waals surface area contributed by atoms with Crippen LogP contribution in [0.1, 0.15) is 46.5 Å². The second-order valence-corrected chi connectivity index (χ2v) is 10.7. The van der Waals surface area contributed by atoms with Crippen LogP contribution < -0.4 is 0 Å². The van der Waals surface area contributed by atoms with E-state index in [1.807, 2.05) is 19.9 Å². The number of epoxide rings is 1. The van der Waals surface area contributed by atoms with Crippen LogP contribution in [0.15, 0.2) is 22.2 Å².